The Kier molecular flexibility index (Phi) is 6.26. The number of hydrogen-bond donors (Lipinski definition) is 2. The molecule has 0 saturated heterocycles. The second kappa shape index (κ2) is 9.79. The van der Waals surface area contributed by atoms with Crippen LogP contribution >= 0.6 is 11.6 Å². The lowest BCUT2D eigenvalue weighted by atomic mass is 10.1. The Labute approximate surface area is 231 Å². The topological polar surface area (TPSA) is 137 Å². The van der Waals surface area contributed by atoms with Crippen LogP contribution in [-0.4, -0.2) is 44.3 Å². The van der Waals surface area contributed by atoms with Crippen LogP contribution in [0.3, 0.4) is 0 Å². The normalized spacial score (nSPS) is 13.8. The Morgan fingerprint density at radius 1 is 1.15 bits per heavy atom. The molecule has 2 N–H and O–H groups in total. The minimum absolute atomic E-state index is 0.0782. The number of benzene rings is 2. The van der Waals surface area contributed by atoms with Crippen LogP contribution in [0.15, 0.2) is 57.6 Å². The number of nitrogens with zero attached hydrogens (tertiary/aromatic N) is 4. The third kappa shape index (κ3) is 4.45. The molecule has 40 heavy (non-hydrogen) atoms. The second-order valence-electron chi connectivity index (χ2n) is 9.38. The highest BCUT2D eigenvalue weighted by Crippen LogP contribution is 2.39. The predicted molar refractivity (Wildman–Crippen MR) is 141 cm³/mol. The molecule has 6 rings (SSSR count). The van der Waals surface area contributed by atoms with E-state index in [2.05, 4.69) is 25.9 Å². The first kappa shape index (κ1) is 25.6. The first-order valence-corrected chi connectivity index (χ1v) is 12.7. The molecule has 0 unspecified atom stereocenters. The van der Waals surface area contributed by atoms with Crippen molar-refractivity contribution in [3.05, 3.63) is 76.6 Å². The summed E-state index contributed by atoms with van der Waals surface area (Å²) in [7, 11) is 1.39. The second-order valence-corrected chi connectivity index (χ2v) is 9.76. The number of carbonyl (C=O) groups excluding carboxylic acids is 2. The fraction of sp³-hybridized carbons (Fsp3) is 0.222. The van der Waals surface area contributed by atoms with Crippen LogP contribution in [0.1, 0.15) is 34.9 Å². The Bertz CT molecular complexity index is 1770. The van der Waals surface area contributed by atoms with Crippen molar-refractivity contribution in [1.82, 2.24) is 30.5 Å². The number of halogens is 2. The highest BCUT2D eigenvalue weighted by atomic mass is 35.5. The van der Waals surface area contributed by atoms with Crippen molar-refractivity contribution in [2.75, 3.05) is 7.11 Å². The number of nitrogens with one attached hydrogen (secondary N) is 2. The maximum absolute atomic E-state index is 15.4. The van der Waals surface area contributed by atoms with Gasteiger partial charge in [0.15, 0.2) is 0 Å². The van der Waals surface area contributed by atoms with E-state index < -0.39 is 23.2 Å². The average Bonchev–Trinajstić information content (AvgIpc) is 3.26. The summed E-state index contributed by atoms with van der Waals surface area (Å²) in [5.41, 5.74) is 0.865. The van der Waals surface area contributed by atoms with Gasteiger partial charge in [0, 0.05) is 30.1 Å². The summed E-state index contributed by atoms with van der Waals surface area (Å²) in [5.74, 6) is -0.845. The van der Waals surface area contributed by atoms with E-state index in [4.69, 9.17) is 25.4 Å². The Balaban J connectivity index is 1.22. The maximum Gasteiger partial charge on any atom is 0.290 e. The standard InChI is InChI=1S/C27H22ClFN6O5/c1-14-31-24(34-39-14)23-22(28)17-5-3-4-6-19(17)35(23)16-8-7-15(18(29)11-16)13-30-26(37)27(9-10-27)32-25(36)20-12-21(38-2)33-40-20/h3-8,11-12H,9-10,13H2,1-2H3,(H,30,37)(H,32,36). The van der Waals surface area contributed by atoms with E-state index in [1.807, 2.05) is 24.3 Å². The van der Waals surface area contributed by atoms with Gasteiger partial charge in [0.05, 0.1) is 23.7 Å². The molecule has 1 aliphatic rings. The summed E-state index contributed by atoms with van der Waals surface area (Å²) in [4.78, 5) is 29.7. The van der Waals surface area contributed by atoms with Crippen molar-refractivity contribution in [2.24, 2.45) is 0 Å². The van der Waals surface area contributed by atoms with E-state index in [-0.39, 0.29) is 29.6 Å². The predicted octanol–water partition coefficient (Wildman–Crippen LogP) is 4.36. The molecule has 2 amide bonds. The summed E-state index contributed by atoms with van der Waals surface area (Å²) in [5, 5.41) is 14.2. The molecule has 5 aromatic rings. The third-order valence-electron chi connectivity index (χ3n) is 6.75. The van der Waals surface area contributed by atoms with Gasteiger partial charge in [0.1, 0.15) is 17.1 Å². The van der Waals surface area contributed by atoms with Crippen LogP contribution < -0.4 is 15.4 Å². The lowest BCUT2D eigenvalue weighted by Gasteiger charge is -2.17. The van der Waals surface area contributed by atoms with Crippen LogP contribution in [0.25, 0.3) is 28.1 Å². The van der Waals surface area contributed by atoms with Gasteiger partial charge >= 0.3 is 0 Å². The number of aromatic nitrogens is 4. The molecule has 3 aromatic heterocycles. The molecular weight excluding hydrogens is 543 g/mol. The van der Waals surface area contributed by atoms with Gasteiger partial charge in [0.2, 0.25) is 23.4 Å². The van der Waals surface area contributed by atoms with Gasteiger partial charge in [0.25, 0.3) is 11.8 Å². The number of para-hydroxylation sites is 1. The van der Waals surface area contributed by atoms with Crippen molar-refractivity contribution in [3.63, 3.8) is 0 Å². The molecule has 13 heteroatoms. The molecule has 1 saturated carbocycles. The van der Waals surface area contributed by atoms with E-state index in [1.165, 1.54) is 19.2 Å². The van der Waals surface area contributed by atoms with Crippen LogP contribution in [-0.2, 0) is 11.3 Å². The van der Waals surface area contributed by atoms with Crippen LogP contribution in [0.5, 0.6) is 5.88 Å². The maximum atomic E-state index is 15.4. The number of carbonyl (C=O) groups is 2. The van der Waals surface area contributed by atoms with E-state index in [0.717, 1.165) is 10.9 Å². The van der Waals surface area contributed by atoms with Gasteiger partial charge in [-0.2, -0.15) is 4.98 Å². The Morgan fingerprint density at radius 3 is 2.62 bits per heavy atom. The first-order chi connectivity index (χ1) is 19.3. The zero-order valence-electron chi connectivity index (χ0n) is 21.3. The largest absolute Gasteiger partial charge is 0.479 e. The van der Waals surface area contributed by atoms with Gasteiger partial charge in [-0.25, -0.2) is 4.39 Å². The number of methoxy groups -OCH3 is 1. The van der Waals surface area contributed by atoms with Crippen molar-refractivity contribution in [1.29, 1.82) is 0 Å². The number of fused-ring (bicyclic) bond motifs is 1. The van der Waals surface area contributed by atoms with Crippen LogP contribution in [0, 0.1) is 12.7 Å². The lowest BCUT2D eigenvalue weighted by Crippen LogP contribution is -2.48. The minimum atomic E-state index is -1.09. The smallest absolute Gasteiger partial charge is 0.290 e. The number of ether oxygens (including phenoxy) is 1. The molecule has 204 valence electrons. The van der Waals surface area contributed by atoms with E-state index in [0.29, 0.717) is 35.1 Å². The van der Waals surface area contributed by atoms with Gasteiger partial charge in [-0.15, -0.1) is 0 Å². The SMILES string of the molecule is COc1cc(C(=O)NC2(C(=O)NCc3ccc(-n4c(-c5noc(C)n5)c(Cl)c5ccccc54)cc3F)CC2)on1. The van der Waals surface area contributed by atoms with E-state index >= 15 is 4.39 Å². The molecule has 2 aromatic carbocycles. The summed E-state index contributed by atoms with van der Waals surface area (Å²) in [6.45, 7) is 1.59. The average molecular weight is 565 g/mol. The van der Waals surface area contributed by atoms with Crippen molar-refractivity contribution >= 4 is 34.3 Å². The number of amides is 2. The Morgan fingerprint density at radius 2 is 1.95 bits per heavy atom. The monoisotopic (exact) mass is 564 g/mol. The minimum Gasteiger partial charge on any atom is -0.479 e. The van der Waals surface area contributed by atoms with Gasteiger partial charge < -0.3 is 29.0 Å². The molecule has 0 aliphatic heterocycles. The van der Waals surface area contributed by atoms with E-state index in [9.17, 15) is 9.59 Å². The van der Waals surface area contributed by atoms with Gasteiger partial charge in [-0.05, 0) is 36.2 Å². The van der Waals surface area contributed by atoms with Crippen molar-refractivity contribution in [2.45, 2.75) is 31.8 Å². The summed E-state index contributed by atoms with van der Waals surface area (Å²) >= 11 is 6.71. The summed E-state index contributed by atoms with van der Waals surface area (Å²) in [6.07, 6.45) is 0.883. The molecule has 1 aliphatic carbocycles. The molecular formula is C27H22ClFN6O5. The number of hydrogen-bond acceptors (Lipinski definition) is 8. The van der Waals surface area contributed by atoms with Crippen LogP contribution in [0.2, 0.25) is 5.02 Å². The van der Waals surface area contributed by atoms with Crippen molar-refractivity contribution in [3.8, 4) is 23.1 Å². The number of aryl methyl sites for hydroxylation is 1. The van der Waals surface area contributed by atoms with Gasteiger partial charge in [-0.3, -0.25) is 9.59 Å². The fourth-order valence-corrected chi connectivity index (χ4v) is 4.83. The highest BCUT2D eigenvalue weighted by molar-refractivity contribution is 6.38. The Hall–Kier alpha value is -4.71. The molecule has 1 fully saturated rings. The molecule has 0 bridgehead atoms. The van der Waals surface area contributed by atoms with Crippen LogP contribution in [0.4, 0.5) is 4.39 Å². The quantitative estimate of drug-likeness (QED) is 0.284. The zero-order chi connectivity index (χ0) is 28.0. The summed E-state index contributed by atoms with van der Waals surface area (Å²) < 4.78 is 32.1. The molecule has 11 nitrogen and oxygen atoms in total. The zero-order valence-corrected chi connectivity index (χ0v) is 22.1. The molecule has 0 atom stereocenters. The molecule has 0 radical (unpaired) electrons. The van der Waals surface area contributed by atoms with Crippen molar-refractivity contribution < 1.29 is 27.8 Å². The lowest BCUT2D eigenvalue weighted by molar-refractivity contribution is -0.124. The molecule has 0 spiro atoms. The fourth-order valence-electron chi connectivity index (χ4n) is 4.50. The molecule has 3 heterocycles. The van der Waals surface area contributed by atoms with Gasteiger partial charge in [-0.1, -0.05) is 41.0 Å². The first-order valence-electron chi connectivity index (χ1n) is 12.3. The highest BCUT2D eigenvalue weighted by Gasteiger charge is 2.51. The third-order valence-corrected chi connectivity index (χ3v) is 7.13. The number of rotatable bonds is 8. The summed E-state index contributed by atoms with van der Waals surface area (Å²) in [6, 6.07) is 13.4. The van der Waals surface area contributed by atoms with E-state index in [1.54, 1.807) is 23.6 Å².